The maximum absolute atomic E-state index is 5.63. The fourth-order valence-electron chi connectivity index (χ4n) is 1.96. The lowest BCUT2D eigenvalue weighted by atomic mass is 9.98. The van der Waals surface area contributed by atoms with Crippen LogP contribution in [0.15, 0.2) is 36.5 Å². The lowest BCUT2D eigenvalue weighted by Crippen LogP contribution is -2.29. The number of para-hydroxylation sites is 1. The summed E-state index contributed by atoms with van der Waals surface area (Å²) in [5.41, 5.74) is 4.67. The minimum atomic E-state index is 0.0485. The lowest BCUT2D eigenvalue weighted by molar-refractivity contribution is 0.400. The molecule has 0 saturated heterocycles. The summed E-state index contributed by atoms with van der Waals surface area (Å²) in [7, 11) is 0. The van der Waals surface area contributed by atoms with E-state index in [1.807, 2.05) is 30.3 Å². The van der Waals surface area contributed by atoms with Gasteiger partial charge in [-0.25, -0.2) is 0 Å². The zero-order valence-corrected chi connectivity index (χ0v) is 11.5. The van der Waals surface area contributed by atoms with Gasteiger partial charge in [0.25, 0.3) is 0 Å². The van der Waals surface area contributed by atoms with Crippen LogP contribution in [0.5, 0.6) is 0 Å². The van der Waals surface area contributed by atoms with Crippen LogP contribution in [-0.4, -0.2) is 15.0 Å². The number of benzene rings is 1. The Morgan fingerprint density at radius 3 is 2.68 bits per heavy atom. The molecule has 1 heterocycles. The van der Waals surface area contributed by atoms with E-state index >= 15 is 0 Å². The van der Waals surface area contributed by atoms with Crippen LogP contribution in [0.25, 0.3) is 5.69 Å². The van der Waals surface area contributed by atoms with Gasteiger partial charge in [0.05, 0.1) is 17.9 Å². The molecule has 5 heteroatoms. The average Bonchev–Trinajstić information content (AvgIpc) is 2.95. The third kappa shape index (κ3) is 3.39. The van der Waals surface area contributed by atoms with Crippen molar-refractivity contribution in [1.29, 1.82) is 0 Å². The highest BCUT2D eigenvalue weighted by atomic mass is 15.5. The van der Waals surface area contributed by atoms with Gasteiger partial charge >= 0.3 is 0 Å². The first kappa shape index (κ1) is 13.7. The first-order valence-electron chi connectivity index (χ1n) is 6.68. The Bertz CT molecular complexity index is 494. The summed E-state index contributed by atoms with van der Waals surface area (Å²) < 4.78 is 0. The molecule has 0 spiro atoms. The quantitative estimate of drug-likeness (QED) is 0.616. The van der Waals surface area contributed by atoms with E-state index in [4.69, 9.17) is 5.84 Å². The molecule has 2 unspecified atom stereocenters. The van der Waals surface area contributed by atoms with Gasteiger partial charge in [0.1, 0.15) is 5.69 Å². The standard InChI is InChI=1S/C14H21N5/c1-3-11(2)9-13(17-15)14-10-16-19(18-14)12-7-5-4-6-8-12/h4-8,10-11,13,17H,3,9,15H2,1-2H3. The fourth-order valence-corrected chi connectivity index (χ4v) is 1.96. The molecule has 0 aliphatic carbocycles. The van der Waals surface area contributed by atoms with Crippen LogP contribution >= 0.6 is 0 Å². The van der Waals surface area contributed by atoms with Crippen LogP contribution in [0.3, 0.4) is 0 Å². The van der Waals surface area contributed by atoms with Crippen LogP contribution in [-0.2, 0) is 0 Å². The molecule has 0 bridgehead atoms. The van der Waals surface area contributed by atoms with Crippen LogP contribution in [0.4, 0.5) is 0 Å². The molecule has 2 rings (SSSR count). The van der Waals surface area contributed by atoms with Gasteiger partial charge < -0.3 is 0 Å². The number of nitrogens with zero attached hydrogens (tertiary/aromatic N) is 3. The monoisotopic (exact) mass is 259 g/mol. The second-order valence-electron chi connectivity index (χ2n) is 4.86. The van der Waals surface area contributed by atoms with Crippen molar-refractivity contribution in [3.05, 3.63) is 42.2 Å². The Morgan fingerprint density at radius 1 is 1.32 bits per heavy atom. The Hall–Kier alpha value is -1.72. The van der Waals surface area contributed by atoms with Crippen molar-refractivity contribution < 1.29 is 0 Å². The summed E-state index contributed by atoms with van der Waals surface area (Å²) in [5.74, 6) is 6.23. The molecule has 1 aromatic heterocycles. The van der Waals surface area contributed by atoms with Crippen molar-refractivity contribution >= 4 is 0 Å². The third-order valence-corrected chi connectivity index (χ3v) is 3.39. The second kappa shape index (κ2) is 6.45. The van der Waals surface area contributed by atoms with Crippen molar-refractivity contribution in [3.8, 4) is 5.69 Å². The smallest absolute Gasteiger partial charge is 0.101 e. The number of hydrazine groups is 1. The fraction of sp³-hybridized carbons (Fsp3) is 0.429. The molecule has 5 nitrogen and oxygen atoms in total. The third-order valence-electron chi connectivity index (χ3n) is 3.39. The highest BCUT2D eigenvalue weighted by Gasteiger charge is 2.16. The van der Waals surface area contributed by atoms with E-state index in [0.29, 0.717) is 5.92 Å². The number of nitrogens with two attached hydrogens (primary N) is 1. The van der Waals surface area contributed by atoms with E-state index < -0.39 is 0 Å². The number of aromatic nitrogens is 3. The van der Waals surface area contributed by atoms with Crippen LogP contribution < -0.4 is 11.3 Å². The van der Waals surface area contributed by atoms with Crippen molar-refractivity contribution in [1.82, 2.24) is 20.4 Å². The van der Waals surface area contributed by atoms with Crippen LogP contribution in [0, 0.1) is 5.92 Å². The SMILES string of the molecule is CCC(C)CC(NN)c1cnn(-c2ccccc2)n1. The maximum Gasteiger partial charge on any atom is 0.101 e. The highest BCUT2D eigenvalue weighted by Crippen LogP contribution is 2.20. The van der Waals surface area contributed by atoms with Crippen molar-refractivity contribution in [2.45, 2.75) is 32.7 Å². The molecule has 0 amide bonds. The minimum absolute atomic E-state index is 0.0485. The first-order chi connectivity index (χ1) is 9.24. The van der Waals surface area contributed by atoms with Gasteiger partial charge in [0.2, 0.25) is 0 Å². The molecule has 0 saturated carbocycles. The minimum Gasteiger partial charge on any atom is -0.271 e. The molecule has 0 aliphatic heterocycles. The largest absolute Gasteiger partial charge is 0.271 e. The summed E-state index contributed by atoms with van der Waals surface area (Å²) >= 11 is 0. The first-order valence-corrected chi connectivity index (χ1v) is 6.68. The Labute approximate surface area is 113 Å². The molecule has 0 fully saturated rings. The van der Waals surface area contributed by atoms with Gasteiger partial charge in [-0.15, -0.1) is 0 Å². The molecule has 1 aromatic carbocycles. The van der Waals surface area contributed by atoms with Crippen molar-refractivity contribution in [2.24, 2.45) is 11.8 Å². The summed E-state index contributed by atoms with van der Waals surface area (Å²) in [6, 6.07) is 9.91. The molecular formula is C14H21N5. The van der Waals surface area contributed by atoms with E-state index in [1.165, 1.54) is 0 Å². The Morgan fingerprint density at radius 2 is 2.05 bits per heavy atom. The zero-order chi connectivity index (χ0) is 13.7. The highest BCUT2D eigenvalue weighted by molar-refractivity contribution is 5.28. The Kier molecular flexibility index (Phi) is 4.65. The molecule has 3 N–H and O–H groups in total. The average molecular weight is 259 g/mol. The van der Waals surface area contributed by atoms with Crippen molar-refractivity contribution in [3.63, 3.8) is 0 Å². The molecule has 0 aliphatic rings. The van der Waals surface area contributed by atoms with Gasteiger partial charge in [0.15, 0.2) is 0 Å². The Balaban J connectivity index is 2.15. The predicted octanol–water partition coefficient (Wildman–Crippen LogP) is 2.21. The molecule has 2 aromatic rings. The predicted molar refractivity (Wildman–Crippen MR) is 75.5 cm³/mol. The number of rotatable bonds is 6. The summed E-state index contributed by atoms with van der Waals surface area (Å²) in [5, 5.41) is 8.80. The van der Waals surface area contributed by atoms with Gasteiger partial charge in [-0.05, 0) is 24.5 Å². The van der Waals surface area contributed by atoms with Gasteiger partial charge in [0, 0.05) is 0 Å². The van der Waals surface area contributed by atoms with Gasteiger partial charge in [-0.1, -0.05) is 38.5 Å². The van der Waals surface area contributed by atoms with Crippen molar-refractivity contribution in [2.75, 3.05) is 0 Å². The number of nitrogens with one attached hydrogen (secondary N) is 1. The van der Waals surface area contributed by atoms with E-state index in [1.54, 1.807) is 11.0 Å². The maximum atomic E-state index is 5.63. The molecule has 102 valence electrons. The van der Waals surface area contributed by atoms with Crippen LogP contribution in [0.1, 0.15) is 38.4 Å². The molecular weight excluding hydrogens is 238 g/mol. The number of hydrogen-bond donors (Lipinski definition) is 2. The van der Waals surface area contributed by atoms with E-state index in [9.17, 15) is 0 Å². The van der Waals surface area contributed by atoms with E-state index in [-0.39, 0.29) is 6.04 Å². The normalized spacial score (nSPS) is 14.3. The van der Waals surface area contributed by atoms with Gasteiger partial charge in [-0.3, -0.25) is 11.3 Å². The number of hydrogen-bond acceptors (Lipinski definition) is 4. The lowest BCUT2D eigenvalue weighted by Gasteiger charge is -2.16. The molecule has 2 atom stereocenters. The van der Waals surface area contributed by atoms with E-state index in [2.05, 4.69) is 29.5 Å². The second-order valence-corrected chi connectivity index (χ2v) is 4.86. The summed E-state index contributed by atoms with van der Waals surface area (Å²) in [6.45, 7) is 4.39. The molecule has 0 radical (unpaired) electrons. The molecule has 19 heavy (non-hydrogen) atoms. The zero-order valence-electron chi connectivity index (χ0n) is 11.5. The van der Waals surface area contributed by atoms with Gasteiger partial charge in [-0.2, -0.15) is 15.0 Å². The van der Waals surface area contributed by atoms with E-state index in [0.717, 1.165) is 24.2 Å². The topological polar surface area (TPSA) is 68.8 Å². The van der Waals surface area contributed by atoms with Crippen LogP contribution in [0.2, 0.25) is 0 Å². The summed E-state index contributed by atoms with van der Waals surface area (Å²) in [6.07, 6.45) is 3.87. The summed E-state index contributed by atoms with van der Waals surface area (Å²) in [4.78, 5) is 1.64.